The van der Waals surface area contributed by atoms with Gasteiger partial charge in [-0.1, -0.05) is 20.1 Å². The Morgan fingerprint density at radius 3 is 1.53 bits per heavy atom. The molecule has 0 aliphatic heterocycles. The maximum absolute atomic E-state index is 13.0. The number of hydrogen-bond acceptors (Lipinski definition) is 6. The summed E-state index contributed by atoms with van der Waals surface area (Å²) < 4.78 is 18.1. The van der Waals surface area contributed by atoms with Crippen molar-refractivity contribution in [2.75, 3.05) is 0 Å². The fraction of sp³-hybridized carbons (Fsp3) is 0.708. The molecule has 0 N–H and O–H groups in total. The Morgan fingerprint density at radius 2 is 1.20 bits per heavy atom. The molecule has 0 saturated heterocycles. The fourth-order valence-electron chi connectivity index (χ4n) is 5.56. The van der Waals surface area contributed by atoms with Gasteiger partial charge in [0.1, 0.15) is 16.8 Å². The molecule has 0 heterocycles. The maximum Gasteiger partial charge on any atom is 0.333 e. The highest BCUT2D eigenvalue weighted by Gasteiger charge is 2.68. The molecular formula is C24H34O6. The lowest BCUT2D eigenvalue weighted by atomic mass is 9.50. The van der Waals surface area contributed by atoms with Gasteiger partial charge in [-0.15, -0.1) is 0 Å². The molecule has 4 aliphatic carbocycles. The van der Waals surface area contributed by atoms with Crippen molar-refractivity contribution in [3.05, 3.63) is 24.3 Å². The first-order valence-electron chi connectivity index (χ1n) is 10.8. The van der Waals surface area contributed by atoms with Gasteiger partial charge in [-0.3, -0.25) is 4.79 Å². The van der Waals surface area contributed by atoms with Crippen LogP contribution in [0, 0.1) is 11.3 Å². The first-order chi connectivity index (χ1) is 13.7. The molecule has 166 valence electrons. The zero-order valence-corrected chi connectivity index (χ0v) is 18.9. The Balaban J connectivity index is 1.97. The number of ether oxygens (including phenoxy) is 3. The highest BCUT2D eigenvalue weighted by atomic mass is 16.6. The summed E-state index contributed by atoms with van der Waals surface area (Å²) in [7, 11) is 0. The molecule has 6 heteroatoms. The quantitative estimate of drug-likeness (QED) is 0.346. The van der Waals surface area contributed by atoms with Crippen LogP contribution in [0.15, 0.2) is 24.3 Å². The SMILES string of the molecule is C=C(C)C(=O)OC12CC3CC(OC(=O)C(=C)C)(C1)CC(OC(=O)C(C)(C)CC)(C3)C2. The number of esters is 3. The van der Waals surface area contributed by atoms with E-state index in [-0.39, 0.29) is 11.9 Å². The van der Waals surface area contributed by atoms with Gasteiger partial charge in [-0.05, 0) is 59.3 Å². The van der Waals surface area contributed by atoms with E-state index in [0.717, 1.165) is 0 Å². The number of hydrogen-bond donors (Lipinski definition) is 0. The van der Waals surface area contributed by atoms with Crippen LogP contribution in [0.25, 0.3) is 0 Å². The van der Waals surface area contributed by atoms with Crippen molar-refractivity contribution in [2.45, 2.75) is 96.4 Å². The number of rotatable bonds is 7. The first kappa shape index (κ1) is 22.6. The van der Waals surface area contributed by atoms with Crippen molar-refractivity contribution < 1.29 is 28.6 Å². The molecule has 2 unspecified atom stereocenters. The molecule has 0 aromatic heterocycles. The highest BCUT2D eigenvalue weighted by Crippen LogP contribution is 2.63. The third-order valence-electron chi connectivity index (χ3n) is 6.98. The summed E-state index contributed by atoms with van der Waals surface area (Å²) in [6, 6.07) is 0. The monoisotopic (exact) mass is 418 g/mol. The summed E-state index contributed by atoms with van der Waals surface area (Å²) in [4.78, 5) is 37.9. The predicted octanol–water partition coefficient (Wildman–Crippen LogP) is 4.42. The van der Waals surface area contributed by atoms with Gasteiger partial charge < -0.3 is 14.2 Å². The van der Waals surface area contributed by atoms with Crippen LogP contribution in [0.1, 0.15) is 79.6 Å². The standard InChI is InChI=1S/C24H34O6/c1-8-21(6,7)20(27)30-24-11-17-9-22(13-24,28-18(25)15(2)3)12-23(10-17,14-24)29-19(26)16(4)5/h17H,2,4,8-14H2,1,3,5-7H3. The van der Waals surface area contributed by atoms with Crippen molar-refractivity contribution in [2.24, 2.45) is 11.3 Å². The summed E-state index contributed by atoms with van der Waals surface area (Å²) in [5.74, 6) is -1.06. The van der Waals surface area contributed by atoms with Crippen LogP contribution in [-0.4, -0.2) is 34.7 Å². The van der Waals surface area contributed by atoms with Gasteiger partial charge >= 0.3 is 17.9 Å². The van der Waals surface area contributed by atoms with E-state index in [1.165, 1.54) is 0 Å². The zero-order chi connectivity index (χ0) is 22.5. The van der Waals surface area contributed by atoms with Crippen LogP contribution in [-0.2, 0) is 28.6 Å². The molecule has 4 aliphatic rings. The zero-order valence-electron chi connectivity index (χ0n) is 18.9. The van der Waals surface area contributed by atoms with Crippen molar-refractivity contribution in [3.63, 3.8) is 0 Å². The highest BCUT2D eigenvalue weighted by molar-refractivity contribution is 5.88. The van der Waals surface area contributed by atoms with Gasteiger partial charge in [-0.25, -0.2) is 9.59 Å². The summed E-state index contributed by atoms with van der Waals surface area (Å²) >= 11 is 0. The Labute approximate surface area is 179 Å². The van der Waals surface area contributed by atoms with Crippen LogP contribution >= 0.6 is 0 Å². The van der Waals surface area contributed by atoms with E-state index < -0.39 is 34.2 Å². The van der Waals surface area contributed by atoms with Crippen LogP contribution in [0.5, 0.6) is 0 Å². The van der Waals surface area contributed by atoms with Crippen molar-refractivity contribution in [3.8, 4) is 0 Å². The van der Waals surface area contributed by atoms with E-state index in [0.29, 0.717) is 56.1 Å². The third-order valence-corrected chi connectivity index (χ3v) is 6.98. The smallest absolute Gasteiger partial charge is 0.333 e. The Morgan fingerprint density at radius 1 is 0.833 bits per heavy atom. The Bertz CT molecular complexity index is 763. The molecule has 0 aromatic carbocycles. The lowest BCUT2D eigenvalue weighted by Gasteiger charge is -2.64. The first-order valence-corrected chi connectivity index (χ1v) is 10.8. The predicted molar refractivity (Wildman–Crippen MR) is 111 cm³/mol. The van der Waals surface area contributed by atoms with Gasteiger partial charge in [0.15, 0.2) is 0 Å². The average Bonchev–Trinajstić information content (AvgIpc) is 2.58. The van der Waals surface area contributed by atoms with E-state index >= 15 is 0 Å². The Kier molecular flexibility index (Phi) is 5.45. The molecule has 0 aromatic rings. The van der Waals surface area contributed by atoms with E-state index in [9.17, 15) is 14.4 Å². The molecule has 4 rings (SSSR count). The minimum Gasteiger partial charge on any atom is -0.458 e. The average molecular weight is 419 g/mol. The molecule has 0 amide bonds. The lowest BCUT2D eigenvalue weighted by molar-refractivity contribution is -0.273. The van der Waals surface area contributed by atoms with Crippen LogP contribution in [0.2, 0.25) is 0 Å². The summed E-state index contributed by atoms with van der Waals surface area (Å²) in [5.41, 5.74) is -2.46. The number of carbonyl (C=O) groups excluding carboxylic acids is 3. The summed E-state index contributed by atoms with van der Waals surface area (Å²) in [5, 5.41) is 0. The maximum atomic E-state index is 13.0. The third kappa shape index (κ3) is 4.06. The van der Waals surface area contributed by atoms with Crippen LogP contribution < -0.4 is 0 Å². The van der Waals surface area contributed by atoms with E-state index in [4.69, 9.17) is 14.2 Å². The normalized spacial score (nSPS) is 34.2. The minimum atomic E-state index is -0.832. The van der Waals surface area contributed by atoms with Gasteiger partial charge in [-0.2, -0.15) is 0 Å². The molecule has 6 nitrogen and oxygen atoms in total. The second-order valence-corrected chi connectivity index (χ2v) is 10.5. The molecule has 4 bridgehead atoms. The minimum absolute atomic E-state index is 0.134. The molecule has 30 heavy (non-hydrogen) atoms. The van der Waals surface area contributed by atoms with Crippen molar-refractivity contribution in [1.82, 2.24) is 0 Å². The van der Waals surface area contributed by atoms with Crippen LogP contribution in [0.4, 0.5) is 0 Å². The number of carbonyl (C=O) groups is 3. The van der Waals surface area contributed by atoms with E-state index in [1.54, 1.807) is 13.8 Å². The lowest BCUT2D eigenvalue weighted by Crippen LogP contribution is -2.69. The van der Waals surface area contributed by atoms with Crippen molar-refractivity contribution >= 4 is 17.9 Å². The fourth-order valence-corrected chi connectivity index (χ4v) is 5.56. The molecule has 0 spiro atoms. The second-order valence-electron chi connectivity index (χ2n) is 10.5. The molecule has 2 atom stereocenters. The van der Waals surface area contributed by atoms with E-state index in [1.807, 2.05) is 20.8 Å². The van der Waals surface area contributed by atoms with Crippen molar-refractivity contribution in [1.29, 1.82) is 0 Å². The summed E-state index contributed by atoms with van der Waals surface area (Å²) in [6.45, 7) is 16.3. The largest absolute Gasteiger partial charge is 0.458 e. The molecule has 0 radical (unpaired) electrons. The second kappa shape index (κ2) is 7.24. The van der Waals surface area contributed by atoms with Crippen LogP contribution in [0.3, 0.4) is 0 Å². The van der Waals surface area contributed by atoms with Gasteiger partial charge in [0.25, 0.3) is 0 Å². The molecule has 4 saturated carbocycles. The summed E-state index contributed by atoms with van der Waals surface area (Å²) in [6.07, 6.45) is 3.95. The van der Waals surface area contributed by atoms with Gasteiger partial charge in [0, 0.05) is 30.4 Å². The van der Waals surface area contributed by atoms with E-state index in [2.05, 4.69) is 13.2 Å². The molecular weight excluding hydrogens is 384 g/mol. The topological polar surface area (TPSA) is 78.9 Å². The Hall–Kier alpha value is -2.11. The van der Waals surface area contributed by atoms with Gasteiger partial charge in [0.05, 0.1) is 5.41 Å². The van der Waals surface area contributed by atoms with Gasteiger partial charge in [0.2, 0.25) is 0 Å². The molecule has 4 fully saturated rings.